The van der Waals surface area contributed by atoms with Crippen LogP contribution in [0.5, 0.6) is 11.5 Å². The van der Waals surface area contributed by atoms with Crippen LogP contribution < -0.4 is 20.5 Å². The van der Waals surface area contributed by atoms with Crippen molar-refractivity contribution in [2.75, 3.05) is 27.3 Å². The van der Waals surface area contributed by atoms with Gasteiger partial charge in [-0.3, -0.25) is 0 Å². The number of nitrogens with one attached hydrogen (secondary N) is 1. The molecular weight excluding hydrogens is 342 g/mol. The second-order valence-electron chi connectivity index (χ2n) is 6.44. The summed E-state index contributed by atoms with van der Waals surface area (Å²) in [7, 11) is 3.08. The molecule has 1 aliphatic carbocycles. The molecule has 7 heteroatoms. The summed E-state index contributed by atoms with van der Waals surface area (Å²) < 4.78 is 10.9. The molecule has 3 rings (SSSR count). The van der Waals surface area contributed by atoms with Gasteiger partial charge in [0.05, 0.1) is 37.6 Å². The van der Waals surface area contributed by atoms with E-state index in [0.717, 1.165) is 5.57 Å². The van der Waals surface area contributed by atoms with Crippen molar-refractivity contribution in [3.8, 4) is 29.7 Å². The average molecular weight is 361 g/mol. The lowest BCUT2D eigenvalue weighted by molar-refractivity contribution is 0.313. The van der Waals surface area contributed by atoms with Crippen LogP contribution in [0.2, 0.25) is 0 Å². The Balaban J connectivity index is 2.37. The van der Waals surface area contributed by atoms with Crippen molar-refractivity contribution < 1.29 is 9.47 Å². The number of nitrogens with two attached hydrogens (primary N) is 1. The lowest BCUT2D eigenvalue weighted by atomic mass is 9.58. The lowest BCUT2D eigenvalue weighted by Crippen LogP contribution is -2.47. The van der Waals surface area contributed by atoms with Gasteiger partial charge in [0.15, 0.2) is 5.41 Å². The number of nitriles is 3. The quantitative estimate of drug-likeness (QED) is 0.838. The minimum atomic E-state index is -1.69. The van der Waals surface area contributed by atoms with Crippen molar-refractivity contribution in [3.05, 3.63) is 46.7 Å². The van der Waals surface area contributed by atoms with Crippen LogP contribution in [0.3, 0.4) is 0 Å². The number of allylic oxidation sites excluding steroid dienone is 2. The molecule has 0 saturated heterocycles. The third-order valence-corrected chi connectivity index (χ3v) is 5.32. The molecule has 1 aromatic rings. The lowest BCUT2D eigenvalue weighted by Gasteiger charge is -2.43. The number of nitrogens with zero attached hydrogens (tertiary/aromatic N) is 3. The van der Waals surface area contributed by atoms with E-state index in [9.17, 15) is 15.8 Å². The predicted molar refractivity (Wildman–Crippen MR) is 97.2 cm³/mol. The molecule has 3 N–H and O–H groups in total. The number of hydrogen-bond acceptors (Lipinski definition) is 7. The molecule has 0 saturated carbocycles. The Hall–Kier alpha value is -3.47. The highest BCUT2D eigenvalue weighted by atomic mass is 16.5. The molecule has 0 amide bonds. The summed E-state index contributed by atoms with van der Waals surface area (Å²) >= 11 is 0. The number of benzene rings is 1. The van der Waals surface area contributed by atoms with Gasteiger partial charge in [-0.05, 0) is 23.8 Å². The van der Waals surface area contributed by atoms with Crippen LogP contribution in [-0.4, -0.2) is 27.3 Å². The van der Waals surface area contributed by atoms with Crippen LogP contribution in [0.25, 0.3) is 0 Å². The highest BCUT2D eigenvalue weighted by Gasteiger charge is 2.54. The number of hydrogen-bond donors (Lipinski definition) is 2. The van der Waals surface area contributed by atoms with Crippen molar-refractivity contribution in [1.29, 1.82) is 15.8 Å². The second kappa shape index (κ2) is 7.03. The minimum Gasteiger partial charge on any atom is -0.497 e. The first-order valence-electron chi connectivity index (χ1n) is 8.43. The molecule has 0 radical (unpaired) electrons. The molecule has 0 unspecified atom stereocenters. The molecule has 1 aliphatic heterocycles. The van der Waals surface area contributed by atoms with Crippen molar-refractivity contribution >= 4 is 0 Å². The Kier molecular flexibility index (Phi) is 4.77. The third kappa shape index (κ3) is 2.59. The molecule has 2 atom stereocenters. The molecule has 0 aromatic heterocycles. The van der Waals surface area contributed by atoms with Crippen molar-refractivity contribution in [1.82, 2.24) is 5.32 Å². The molecular formula is C20H19N5O2. The van der Waals surface area contributed by atoms with Gasteiger partial charge < -0.3 is 20.5 Å². The van der Waals surface area contributed by atoms with E-state index in [2.05, 4.69) is 23.5 Å². The van der Waals surface area contributed by atoms with Crippen LogP contribution in [-0.2, 0) is 0 Å². The summed E-state index contributed by atoms with van der Waals surface area (Å²) in [5.41, 5.74) is 6.22. The van der Waals surface area contributed by atoms with E-state index in [1.54, 1.807) is 25.3 Å². The number of fused-ring (bicyclic) bond motifs is 1. The minimum absolute atomic E-state index is 0.00530. The Morgan fingerprint density at radius 2 is 1.93 bits per heavy atom. The maximum atomic E-state index is 10.0. The fraction of sp³-hybridized carbons (Fsp3) is 0.350. The normalized spacial score (nSPS) is 23.1. The summed E-state index contributed by atoms with van der Waals surface area (Å²) in [5, 5.41) is 33.0. The van der Waals surface area contributed by atoms with E-state index in [0.29, 0.717) is 30.2 Å². The molecule has 1 heterocycles. The Morgan fingerprint density at radius 1 is 1.19 bits per heavy atom. The van der Waals surface area contributed by atoms with E-state index < -0.39 is 11.3 Å². The van der Waals surface area contributed by atoms with Gasteiger partial charge in [0.1, 0.15) is 17.6 Å². The van der Waals surface area contributed by atoms with Gasteiger partial charge in [0.25, 0.3) is 0 Å². The smallest absolute Gasteiger partial charge is 0.191 e. The van der Waals surface area contributed by atoms with Gasteiger partial charge in [0, 0.05) is 30.5 Å². The first kappa shape index (κ1) is 18.3. The monoisotopic (exact) mass is 361 g/mol. The Bertz CT molecular complexity index is 944. The first-order valence-corrected chi connectivity index (χ1v) is 8.43. The second-order valence-corrected chi connectivity index (χ2v) is 6.44. The van der Waals surface area contributed by atoms with Crippen LogP contribution in [0.15, 0.2) is 41.1 Å². The zero-order valence-electron chi connectivity index (χ0n) is 15.1. The van der Waals surface area contributed by atoms with Crippen molar-refractivity contribution in [3.63, 3.8) is 0 Å². The van der Waals surface area contributed by atoms with E-state index >= 15 is 0 Å². The highest BCUT2D eigenvalue weighted by Crippen LogP contribution is 2.55. The summed E-state index contributed by atoms with van der Waals surface area (Å²) in [5.74, 6) is 0.224. The fourth-order valence-corrected chi connectivity index (χ4v) is 4.03. The SMILES string of the molecule is COc1ccc(OC)c([C@H]2[C@@H]3CNCC=C3C(C#N)=C(N)C2(C#N)C#N)c1. The summed E-state index contributed by atoms with van der Waals surface area (Å²) in [4.78, 5) is 0. The Morgan fingerprint density at radius 3 is 2.52 bits per heavy atom. The molecule has 0 fully saturated rings. The van der Waals surface area contributed by atoms with Crippen LogP contribution in [0.1, 0.15) is 11.5 Å². The number of methoxy groups -OCH3 is 2. The van der Waals surface area contributed by atoms with E-state index in [-0.39, 0.29) is 17.2 Å². The van der Waals surface area contributed by atoms with Gasteiger partial charge in [-0.1, -0.05) is 6.08 Å². The zero-order chi connectivity index (χ0) is 19.6. The maximum absolute atomic E-state index is 10.0. The van der Waals surface area contributed by atoms with Gasteiger partial charge in [-0.15, -0.1) is 0 Å². The summed E-state index contributed by atoms with van der Waals surface area (Å²) in [6.07, 6.45) is 1.90. The average Bonchev–Trinajstić information content (AvgIpc) is 2.72. The standard InChI is InChI=1S/C20H19N5O2/c1-26-12-3-4-17(27-2)14(7-12)18-16-9-25-6-5-13(16)15(8-21)19(24)20(18,10-22)11-23/h3-5,7,16,18,25H,6,9,24H2,1-2H3/t16-,18+/m1/s1. The Labute approximate surface area is 157 Å². The van der Waals surface area contributed by atoms with Crippen molar-refractivity contribution in [2.24, 2.45) is 17.1 Å². The maximum Gasteiger partial charge on any atom is 0.191 e. The van der Waals surface area contributed by atoms with Gasteiger partial charge in [0.2, 0.25) is 0 Å². The first-order chi connectivity index (χ1) is 13.1. The van der Waals surface area contributed by atoms with E-state index in [1.807, 2.05) is 6.08 Å². The van der Waals surface area contributed by atoms with E-state index in [1.165, 1.54) is 7.11 Å². The number of rotatable bonds is 3. The molecule has 0 bridgehead atoms. The molecule has 2 aliphatic rings. The highest BCUT2D eigenvalue weighted by molar-refractivity contribution is 5.61. The molecule has 1 aromatic carbocycles. The largest absolute Gasteiger partial charge is 0.497 e. The van der Waals surface area contributed by atoms with Crippen LogP contribution >= 0.6 is 0 Å². The van der Waals surface area contributed by atoms with Crippen LogP contribution in [0.4, 0.5) is 0 Å². The van der Waals surface area contributed by atoms with Gasteiger partial charge in [-0.2, -0.15) is 15.8 Å². The predicted octanol–water partition coefficient (Wildman–Crippen LogP) is 1.72. The molecule has 7 nitrogen and oxygen atoms in total. The molecule has 0 spiro atoms. The van der Waals surface area contributed by atoms with Crippen molar-refractivity contribution in [2.45, 2.75) is 5.92 Å². The summed E-state index contributed by atoms with van der Waals surface area (Å²) in [6.45, 7) is 1.11. The fourth-order valence-electron chi connectivity index (χ4n) is 4.03. The third-order valence-electron chi connectivity index (χ3n) is 5.32. The zero-order valence-corrected chi connectivity index (χ0v) is 15.1. The molecule has 27 heavy (non-hydrogen) atoms. The molecule has 136 valence electrons. The van der Waals surface area contributed by atoms with Gasteiger partial charge in [-0.25, -0.2) is 0 Å². The van der Waals surface area contributed by atoms with Gasteiger partial charge >= 0.3 is 0 Å². The van der Waals surface area contributed by atoms with Crippen LogP contribution in [0, 0.1) is 45.3 Å². The summed E-state index contributed by atoms with van der Waals surface area (Å²) in [6, 6.07) is 11.6. The van der Waals surface area contributed by atoms with E-state index in [4.69, 9.17) is 15.2 Å². The topological polar surface area (TPSA) is 128 Å². The number of ether oxygens (including phenoxy) is 2.